The molecule has 1 aliphatic rings. The Morgan fingerprint density at radius 1 is 1.45 bits per heavy atom. The van der Waals surface area contributed by atoms with Crippen LogP contribution in [0.1, 0.15) is 28.8 Å². The summed E-state index contributed by atoms with van der Waals surface area (Å²) in [6.07, 6.45) is 2.17. The fourth-order valence-electron chi connectivity index (χ4n) is 2.24. The van der Waals surface area contributed by atoms with Crippen LogP contribution in [-0.4, -0.2) is 32.2 Å². The quantitative estimate of drug-likeness (QED) is 0.811. The molecule has 106 valence electrons. The smallest absolute Gasteiger partial charge is 0.252 e. The Hall–Kier alpha value is -1.83. The van der Waals surface area contributed by atoms with E-state index in [-0.39, 0.29) is 12.5 Å². The maximum absolute atomic E-state index is 12.2. The van der Waals surface area contributed by atoms with E-state index in [0.29, 0.717) is 18.0 Å². The highest BCUT2D eigenvalue weighted by Gasteiger charge is 2.16. The first-order chi connectivity index (χ1) is 9.81. The van der Waals surface area contributed by atoms with Crippen LogP contribution in [0, 0.1) is 17.8 Å². The van der Waals surface area contributed by atoms with Crippen LogP contribution in [0.25, 0.3) is 0 Å². The largest absolute Gasteiger partial charge is 0.381 e. The predicted octanol–water partition coefficient (Wildman–Crippen LogP) is 1.15. The summed E-state index contributed by atoms with van der Waals surface area (Å²) in [6.45, 7) is 2.50. The summed E-state index contributed by atoms with van der Waals surface area (Å²) in [5.74, 6) is 6.04. The third-order valence-corrected chi connectivity index (χ3v) is 3.30. The molecule has 1 amide bonds. The summed E-state index contributed by atoms with van der Waals surface area (Å²) in [4.78, 5) is 12.2. The minimum atomic E-state index is -0.0857. The van der Waals surface area contributed by atoms with Crippen molar-refractivity contribution < 1.29 is 9.53 Å². The lowest BCUT2D eigenvalue weighted by Crippen LogP contribution is -2.33. The number of nitrogens with one attached hydrogen (secondary N) is 1. The van der Waals surface area contributed by atoms with E-state index in [1.165, 1.54) is 0 Å². The van der Waals surface area contributed by atoms with Crippen LogP contribution in [0.5, 0.6) is 0 Å². The van der Waals surface area contributed by atoms with Crippen LogP contribution in [-0.2, 0) is 4.74 Å². The third-order valence-electron chi connectivity index (χ3n) is 3.30. The number of nitrogens with two attached hydrogens (primary N) is 1. The Bertz CT molecular complexity index is 511. The summed E-state index contributed by atoms with van der Waals surface area (Å²) >= 11 is 0. The SMILES string of the molecule is NCC#Cc1ccccc1C(=O)NCC1CCCOC1. The molecular formula is C16H20N2O2. The van der Waals surface area contributed by atoms with Gasteiger partial charge in [0.2, 0.25) is 0 Å². The van der Waals surface area contributed by atoms with Gasteiger partial charge in [0.25, 0.3) is 5.91 Å². The summed E-state index contributed by atoms with van der Waals surface area (Å²) in [7, 11) is 0. The molecule has 1 unspecified atom stereocenters. The van der Waals surface area contributed by atoms with Crippen LogP contribution in [0.4, 0.5) is 0 Å². The van der Waals surface area contributed by atoms with Crippen molar-refractivity contribution in [2.75, 3.05) is 26.3 Å². The van der Waals surface area contributed by atoms with Gasteiger partial charge in [-0.25, -0.2) is 0 Å². The van der Waals surface area contributed by atoms with E-state index in [0.717, 1.165) is 31.6 Å². The molecule has 3 N–H and O–H groups in total. The van der Waals surface area contributed by atoms with Gasteiger partial charge in [-0.2, -0.15) is 0 Å². The molecular weight excluding hydrogens is 252 g/mol. The summed E-state index contributed by atoms with van der Waals surface area (Å²) in [5, 5.41) is 2.97. The Kier molecular flexibility index (Phi) is 5.60. The maximum atomic E-state index is 12.2. The lowest BCUT2D eigenvalue weighted by Gasteiger charge is -2.22. The fraction of sp³-hybridized carbons (Fsp3) is 0.438. The van der Waals surface area contributed by atoms with Crippen LogP contribution < -0.4 is 11.1 Å². The second-order valence-electron chi connectivity index (χ2n) is 4.84. The van der Waals surface area contributed by atoms with Gasteiger partial charge in [0.1, 0.15) is 0 Å². The molecule has 4 nitrogen and oxygen atoms in total. The minimum absolute atomic E-state index is 0.0857. The summed E-state index contributed by atoms with van der Waals surface area (Å²) in [6, 6.07) is 7.33. The van der Waals surface area contributed by atoms with Gasteiger partial charge in [-0.1, -0.05) is 24.0 Å². The van der Waals surface area contributed by atoms with Crippen LogP contribution in [0.3, 0.4) is 0 Å². The van der Waals surface area contributed by atoms with E-state index in [1.807, 2.05) is 18.2 Å². The van der Waals surface area contributed by atoms with Gasteiger partial charge in [0.05, 0.1) is 18.7 Å². The normalized spacial score (nSPS) is 17.9. The maximum Gasteiger partial charge on any atom is 0.252 e. The molecule has 0 radical (unpaired) electrons. The average Bonchev–Trinajstić information content (AvgIpc) is 2.52. The number of amides is 1. The molecule has 1 saturated heterocycles. The van der Waals surface area contributed by atoms with Gasteiger partial charge in [-0.3, -0.25) is 4.79 Å². The van der Waals surface area contributed by atoms with Gasteiger partial charge < -0.3 is 15.8 Å². The Labute approximate surface area is 119 Å². The van der Waals surface area contributed by atoms with Crippen molar-refractivity contribution in [3.8, 4) is 11.8 Å². The zero-order valence-corrected chi connectivity index (χ0v) is 11.5. The minimum Gasteiger partial charge on any atom is -0.381 e. The molecule has 1 aliphatic heterocycles. The molecule has 20 heavy (non-hydrogen) atoms. The van der Waals surface area contributed by atoms with E-state index >= 15 is 0 Å². The second kappa shape index (κ2) is 7.68. The molecule has 1 aromatic carbocycles. The van der Waals surface area contributed by atoms with Crippen molar-refractivity contribution in [3.63, 3.8) is 0 Å². The highest BCUT2D eigenvalue weighted by Crippen LogP contribution is 2.13. The standard InChI is InChI=1S/C16H20N2O2/c17-9-3-7-14-6-1-2-8-15(14)16(19)18-11-13-5-4-10-20-12-13/h1-2,6,8,13H,4-5,9-12,17H2,(H,18,19). The molecule has 1 fully saturated rings. The first-order valence-electron chi connectivity index (χ1n) is 6.95. The van der Waals surface area contributed by atoms with Gasteiger partial charge in [-0.15, -0.1) is 0 Å². The van der Waals surface area contributed by atoms with Crippen LogP contribution in [0.2, 0.25) is 0 Å². The van der Waals surface area contributed by atoms with Crippen LogP contribution in [0.15, 0.2) is 24.3 Å². The summed E-state index contributed by atoms with van der Waals surface area (Å²) < 4.78 is 5.41. The number of benzene rings is 1. The number of hydrogen-bond acceptors (Lipinski definition) is 3. The highest BCUT2D eigenvalue weighted by molar-refractivity contribution is 5.96. The van der Waals surface area contributed by atoms with Gasteiger partial charge in [0, 0.05) is 18.7 Å². The Morgan fingerprint density at radius 3 is 3.05 bits per heavy atom. The number of carbonyl (C=O) groups excluding carboxylic acids is 1. The first kappa shape index (κ1) is 14.6. The topological polar surface area (TPSA) is 64.4 Å². The fourth-order valence-corrected chi connectivity index (χ4v) is 2.24. The zero-order valence-electron chi connectivity index (χ0n) is 11.5. The number of carbonyl (C=O) groups is 1. The molecule has 0 bridgehead atoms. The molecule has 2 rings (SSSR count). The van der Waals surface area contributed by atoms with E-state index in [9.17, 15) is 4.79 Å². The molecule has 0 spiro atoms. The van der Waals surface area contributed by atoms with Crippen molar-refractivity contribution in [3.05, 3.63) is 35.4 Å². The van der Waals surface area contributed by atoms with Crippen molar-refractivity contribution in [1.82, 2.24) is 5.32 Å². The van der Waals surface area contributed by atoms with E-state index < -0.39 is 0 Å². The molecule has 1 atom stereocenters. The molecule has 4 heteroatoms. The van der Waals surface area contributed by atoms with Gasteiger partial charge in [-0.05, 0) is 30.9 Å². The number of rotatable bonds is 3. The number of ether oxygens (including phenoxy) is 1. The van der Waals surface area contributed by atoms with Crippen LogP contribution >= 0.6 is 0 Å². The molecule has 0 aromatic heterocycles. The van der Waals surface area contributed by atoms with Crippen molar-refractivity contribution >= 4 is 5.91 Å². The van der Waals surface area contributed by atoms with Crippen molar-refractivity contribution in [1.29, 1.82) is 0 Å². The average molecular weight is 272 g/mol. The van der Waals surface area contributed by atoms with E-state index in [4.69, 9.17) is 10.5 Å². The lowest BCUT2D eigenvalue weighted by molar-refractivity contribution is 0.0536. The zero-order chi connectivity index (χ0) is 14.2. The van der Waals surface area contributed by atoms with Gasteiger partial charge >= 0.3 is 0 Å². The van der Waals surface area contributed by atoms with Crippen molar-refractivity contribution in [2.45, 2.75) is 12.8 Å². The van der Waals surface area contributed by atoms with Crippen molar-refractivity contribution in [2.24, 2.45) is 11.7 Å². The highest BCUT2D eigenvalue weighted by atomic mass is 16.5. The van der Waals surface area contributed by atoms with E-state index in [2.05, 4.69) is 17.2 Å². The first-order valence-corrected chi connectivity index (χ1v) is 6.95. The lowest BCUT2D eigenvalue weighted by atomic mass is 10.0. The van der Waals surface area contributed by atoms with E-state index in [1.54, 1.807) is 6.07 Å². The Morgan fingerprint density at radius 2 is 2.30 bits per heavy atom. The Balaban J connectivity index is 1.97. The van der Waals surface area contributed by atoms with Gasteiger partial charge in [0.15, 0.2) is 0 Å². The number of hydrogen-bond donors (Lipinski definition) is 2. The second-order valence-corrected chi connectivity index (χ2v) is 4.84. The molecule has 0 saturated carbocycles. The monoisotopic (exact) mass is 272 g/mol. The molecule has 1 aromatic rings. The summed E-state index contributed by atoms with van der Waals surface area (Å²) in [5.41, 5.74) is 6.69. The molecule has 0 aliphatic carbocycles. The predicted molar refractivity (Wildman–Crippen MR) is 78.3 cm³/mol. The molecule has 1 heterocycles. The third kappa shape index (κ3) is 4.09.